The van der Waals surface area contributed by atoms with Crippen molar-refractivity contribution >= 4 is 34.1 Å². The van der Waals surface area contributed by atoms with E-state index >= 15 is 0 Å². The fourth-order valence-corrected chi connectivity index (χ4v) is 2.85. The molecule has 0 aliphatic rings. The minimum Gasteiger partial charge on any atom is -0.395 e. The number of aromatic amines is 1. The Morgan fingerprint density at radius 1 is 1.33 bits per heavy atom. The zero-order valence-electron chi connectivity index (χ0n) is 11.3. The van der Waals surface area contributed by atoms with Gasteiger partial charge in [-0.25, -0.2) is 4.98 Å². The molecule has 21 heavy (non-hydrogen) atoms. The molecule has 1 aromatic carbocycles. The number of carbonyl (C=O) groups is 1. The largest absolute Gasteiger partial charge is 0.395 e. The number of nitrogens with one attached hydrogen (secondary N) is 2. The summed E-state index contributed by atoms with van der Waals surface area (Å²) >= 11 is 1.45. The number of aromatic nitrogens is 2. The number of H-pyrrole nitrogens is 1. The molecule has 0 atom stereocenters. The number of imidazole rings is 1. The van der Waals surface area contributed by atoms with Crippen molar-refractivity contribution in [3.05, 3.63) is 46.2 Å². The van der Waals surface area contributed by atoms with Gasteiger partial charge in [0, 0.05) is 13.0 Å². The normalized spacial score (nSPS) is 10.9. The lowest BCUT2D eigenvalue weighted by atomic mass is 10.1. The van der Waals surface area contributed by atoms with Gasteiger partial charge in [0.25, 0.3) is 0 Å². The van der Waals surface area contributed by atoms with E-state index in [0.29, 0.717) is 18.9 Å². The Morgan fingerprint density at radius 3 is 3.00 bits per heavy atom. The van der Waals surface area contributed by atoms with Crippen molar-refractivity contribution in [1.29, 1.82) is 0 Å². The third-order valence-electron chi connectivity index (χ3n) is 3.15. The van der Waals surface area contributed by atoms with E-state index in [4.69, 9.17) is 5.11 Å². The Hall–Kier alpha value is -2.18. The van der Waals surface area contributed by atoms with E-state index in [1.807, 2.05) is 35.7 Å². The summed E-state index contributed by atoms with van der Waals surface area (Å²) < 4.78 is 0. The van der Waals surface area contributed by atoms with Gasteiger partial charge < -0.3 is 15.4 Å². The van der Waals surface area contributed by atoms with Gasteiger partial charge in [-0.1, -0.05) is 18.2 Å². The van der Waals surface area contributed by atoms with Crippen molar-refractivity contribution in [3.63, 3.8) is 0 Å². The lowest BCUT2D eigenvalue weighted by Crippen LogP contribution is -2.06. The molecular formula is C15H15N3O2S. The standard InChI is InChI=1S/C15H15N3O2S/c19-7-6-16-15-17-11-4-1-3-10(14(11)18-15)9-12(20)13-5-2-8-21-13/h1-5,8,19H,6-7,9H2,(H2,16,17,18). The molecule has 6 heteroatoms. The highest BCUT2D eigenvalue weighted by molar-refractivity contribution is 7.12. The van der Waals surface area contributed by atoms with Gasteiger partial charge in [-0.2, -0.15) is 0 Å². The first-order chi connectivity index (χ1) is 10.3. The first-order valence-electron chi connectivity index (χ1n) is 6.67. The van der Waals surface area contributed by atoms with E-state index in [-0.39, 0.29) is 12.4 Å². The number of aliphatic hydroxyl groups is 1. The number of fused-ring (bicyclic) bond motifs is 1. The van der Waals surface area contributed by atoms with Crippen molar-refractivity contribution in [2.75, 3.05) is 18.5 Å². The van der Waals surface area contributed by atoms with Crippen molar-refractivity contribution in [3.8, 4) is 0 Å². The number of ketones is 1. The predicted octanol–water partition coefficient (Wildman–Crippen LogP) is 2.45. The number of rotatable bonds is 6. The maximum atomic E-state index is 12.2. The summed E-state index contributed by atoms with van der Waals surface area (Å²) in [5.41, 5.74) is 2.58. The lowest BCUT2D eigenvalue weighted by molar-refractivity contribution is 0.0997. The molecule has 5 nitrogen and oxygen atoms in total. The molecule has 0 spiro atoms. The number of benzene rings is 1. The van der Waals surface area contributed by atoms with E-state index in [2.05, 4.69) is 15.3 Å². The van der Waals surface area contributed by atoms with Crippen molar-refractivity contribution < 1.29 is 9.90 Å². The van der Waals surface area contributed by atoms with Crippen LogP contribution >= 0.6 is 11.3 Å². The van der Waals surface area contributed by atoms with Gasteiger partial charge in [0.2, 0.25) is 5.95 Å². The molecule has 0 aliphatic heterocycles. The zero-order valence-corrected chi connectivity index (χ0v) is 12.1. The summed E-state index contributed by atoms with van der Waals surface area (Å²) in [6, 6.07) is 9.47. The number of hydrogen-bond donors (Lipinski definition) is 3. The van der Waals surface area contributed by atoms with Gasteiger partial charge in [0.05, 0.1) is 22.5 Å². The molecule has 0 unspecified atom stereocenters. The van der Waals surface area contributed by atoms with Gasteiger partial charge in [0.15, 0.2) is 5.78 Å². The van der Waals surface area contributed by atoms with Crippen molar-refractivity contribution in [2.45, 2.75) is 6.42 Å². The summed E-state index contributed by atoms with van der Waals surface area (Å²) in [4.78, 5) is 20.6. The van der Waals surface area contributed by atoms with E-state index in [1.165, 1.54) is 11.3 Å². The molecule has 0 aliphatic carbocycles. The fourth-order valence-electron chi connectivity index (χ4n) is 2.19. The number of carbonyl (C=O) groups excluding carboxylic acids is 1. The highest BCUT2D eigenvalue weighted by Gasteiger charge is 2.12. The molecular weight excluding hydrogens is 286 g/mol. The average Bonchev–Trinajstić information content (AvgIpc) is 3.14. The predicted molar refractivity (Wildman–Crippen MR) is 84.0 cm³/mol. The Balaban J connectivity index is 1.87. The van der Waals surface area contributed by atoms with E-state index < -0.39 is 0 Å². The molecule has 0 bridgehead atoms. The van der Waals surface area contributed by atoms with Crippen LogP contribution in [0.4, 0.5) is 5.95 Å². The number of Topliss-reactive ketones (excluding diaryl/α,β-unsaturated/α-hetero) is 1. The van der Waals surface area contributed by atoms with Crippen LogP contribution in [0.25, 0.3) is 11.0 Å². The zero-order chi connectivity index (χ0) is 14.7. The van der Waals surface area contributed by atoms with Crippen LogP contribution in [-0.4, -0.2) is 34.0 Å². The van der Waals surface area contributed by atoms with Gasteiger partial charge in [0.1, 0.15) is 0 Å². The van der Waals surface area contributed by atoms with Crippen molar-refractivity contribution in [1.82, 2.24) is 9.97 Å². The number of thiophene rings is 1. The van der Waals surface area contributed by atoms with Crippen LogP contribution < -0.4 is 5.32 Å². The summed E-state index contributed by atoms with van der Waals surface area (Å²) in [5, 5.41) is 13.7. The summed E-state index contributed by atoms with van der Waals surface area (Å²) in [5.74, 6) is 0.709. The molecule has 3 rings (SSSR count). The molecule has 0 amide bonds. The van der Waals surface area contributed by atoms with Gasteiger partial charge in [-0.3, -0.25) is 4.79 Å². The van der Waals surface area contributed by atoms with Crippen LogP contribution in [0.3, 0.4) is 0 Å². The van der Waals surface area contributed by atoms with E-state index in [0.717, 1.165) is 21.5 Å². The lowest BCUT2D eigenvalue weighted by Gasteiger charge is -2.00. The number of anilines is 1. The van der Waals surface area contributed by atoms with Crippen LogP contribution in [0, 0.1) is 0 Å². The van der Waals surface area contributed by atoms with Crippen LogP contribution in [0.1, 0.15) is 15.2 Å². The molecule has 2 aromatic heterocycles. The maximum Gasteiger partial charge on any atom is 0.201 e. The third kappa shape index (κ3) is 2.96. The van der Waals surface area contributed by atoms with Crippen LogP contribution in [0.5, 0.6) is 0 Å². The van der Waals surface area contributed by atoms with Gasteiger partial charge in [-0.15, -0.1) is 11.3 Å². The Bertz CT molecular complexity index is 749. The molecule has 0 saturated heterocycles. The first-order valence-corrected chi connectivity index (χ1v) is 7.55. The highest BCUT2D eigenvalue weighted by Crippen LogP contribution is 2.21. The number of nitrogens with zero attached hydrogens (tertiary/aromatic N) is 1. The Morgan fingerprint density at radius 2 is 2.24 bits per heavy atom. The quantitative estimate of drug-likeness (QED) is 0.611. The SMILES string of the molecule is O=C(Cc1cccc2[nH]c(NCCO)nc12)c1cccs1. The second kappa shape index (κ2) is 6.07. The average molecular weight is 301 g/mol. The molecule has 3 aromatic rings. The van der Waals surface area contributed by atoms with Crippen LogP contribution in [0.15, 0.2) is 35.7 Å². The molecule has 0 radical (unpaired) electrons. The molecule has 3 N–H and O–H groups in total. The molecule has 108 valence electrons. The molecule has 0 fully saturated rings. The van der Waals surface area contributed by atoms with Gasteiger partial charge >= 0.3 is 0 Å². The Labute approximate surface area is 125 Å². The fraction of sp³-hybridized carbons (Fsp3) is 0.200. The summed E-state index contributed by atoms with van der Waals surface area (Å²) in [7, 11) is 0. The first kappa shape index (κ1) is 13.8. The molecule has 2 heterocycles. The second-order valence-electron chi connectivity index (χ2n) is 4.63. The minimum absolute atomic E-state index is 0.0424. The number of hydrogen-bond acceptors (Lipinski definition) is 5. The topological polar surface area (TPSA) is 78.0 Å². The third-order valence-corrected chi connectivity index (χ3v) is 4.06. The summed E-state index contributed by atoms with van der Waals surface area (Å²) in [6.45, 7) is 0.476. The van der Waals surface area contributed by atoms with Crippen molar-refractivity contribution in [2.24, 2.45) is 0 Å². The monoisotopic (exact) mass is 301 g/mol. The van der Waals surface area contributed by atoms with Crippen LogP contribution in [-0.2, 0) is 6.42 Å². The highest BCUT2D eigenvalue weighted by atomic mass is 32.1. The van der Waals surface area contributed by atoms with Gasteiger partial charge in [-0.05, 0) is 23.1 Å². The minimum atomic E-state index is 0.0424. The smallest absolute Gasteiger partial charge is 0.201 e. The summed E-state index contributed by atoms with van der Waals surface area (Å²) in [6.07, 6.45) is 0.335. The maximum absolute atomic E-state index is 12.2. The Kier molecular flexibility index (Phi) is 3.98. The second-order valence-corrected chi connectivity index (χ2v) is 5.57. The van der Waals surface area contributed by atoms with E-state index in [1.54, 1.807) is 0 Å². The molecule has 0 saturated carbocycles. The number of para-hydroxylation sites is 1. The van der Waals surface area contributed by atoms with Crippen LogP contribution in [0.2, 0.25) is 0 Å². The number of aliphatic hydroxyl groups excluding tert-OH is 1. The van der Waals surface area contributed by atoms with E-state index in [9.17, 15) is 4.79 Å².